The van der Waals surface area contributed by atoms with E-state index < -0.39 is 0 Å². The van der Waals surface area contributed by atoms with Crippen molar-refractivity contribution in [3.63, 3.8) is 0 Å². The zero-order chi connectivity index (χ0) is 8.97. The molecule has 0 spiro atoms. The average molecular weight is 202 g/mol. The molecule has 5 heteroatoms. The van der Waals surface area contributed by atoms with Gasteiger partial charge in [-0.3, -0.25) is 0 Å². The van der Waals surface area contributed by atoms with Crippen molar-refractivity contribution >= 4 is 28.9 Å². The Balaban J connectivity index is 2.84. The van der Waals surface area contributed by atoms with E-state index in [1.54, 1.807) is 6.07 Å². The van der Waals surface area contributed by atoms with Gasteiger partial charge in [0.25, 0.3) is 0 Å². The van der Waals surface area contributed by atoms with Crippen LogP contribution in [0.4, 0.5) is 5.69 Å². The average Bonchev–Trinajstić information content (AvgIpc) is 2.07. The lowest BCUT2D eigenvalue weighted by Gasteiger charge is -2.02. The molecule has 62 valence electrons. The molecule has 1 aromatic rings. The van der Waals surface area contributed by atoms with Crippen molar-refractivity contribution in [3.05, 3.63) is 16.4 Å². The number of anilines is 1. The molecule has 0 bridgehead atoms. The summed E-state index contributed by atoms with van der Waals surface area (Å²) in [7, 11) is 0. The standard InChI is InChI=1S/C7H5Cl2N3/c1-2-3-10-5-4-6(8)11-12-7(5)9/h1,4H,3H2,(H,10,11). The largest absolute Gasteiger partial charge is 0.372 e. The summed E-state index contributed by atoms with van der Waals surface area (Å²) in [6.45, 7) is 0.377. The van der Waals surface area contributed by atoms with Gasteiger partial charge >= 0.3 is 0 Å². The first-order chi connectivity index (χ1) is 5.74. The SMILES string of the molecule is C#CCNc1cc(Cl)nnc1Cl. The summed E-state index contributed by atoms with van der Waals surface area (Å²) in [6.07, 6.45) is 5.04. The van der Waals surface area contributed by atoms with Crippen molar-refractivity contribution in [2.75, 3.05) is 11.9 Å². The third-order valence-corrected chi connectivity index (χ3v) is 1.56. The first-order valence-electron chi connectivity index (χ1n) is 3.10. The minimum absolute atomic E-state index is 0.259. The number of rotatable bonds is 2. The van der Waals surface area contributed by atoms with Gasteiger partial charge in [0.2, 0.25) is 0 Å². The fourth-order valence-electron chi connectivity index (χ4n) is 0.623. The summed E-state index contributed by atoms with van der Waals surface area (Å²) in [4.78, 5) is 0. The van der Waals surface area contributed by atoms with Crippen LogP contribution in [0, 0.1) is 12.3 Å². The molecule has 0 radical (unpaired) electrons. The molecular formula is C7H5Cl2N3. The van der Waals surface area contributed by atoms with E-state index in [0.717, 1.165) is 0 Å². The minimum Gasteiger partial charge on any atom is -0.372 e. The van der Waals surface area contributed by atoms with Gasteiger partial charge in [-0.15, -0.1) is 16.6 Å². The summed E-state index contributed by atoms with van der Waals surface area (Å²) >= 11 is 11.2. The van der Waals surface area contributed by atoms with Gasteiger partial charge in [-0.1, -0.05) is 29.1 Å². The van der Waals surface area contributed by atoms with E-state index in [2.05, 4.69) is 21.4 Å². The molecule has 0 atom stereocenters. The molecule has 0 saturated carbocycles. The molecule has 0 aliphatic rings. The normalized spacial score (nSPS) is 9.08. The maximum atomic E-state index is 5.67. The Morgan fingerprint density at radius 2 is 2.25 bits per heavy atom. The minimum atomic E-state index is 0.259. The van der Waals surface area contributed by atoms with Crippen molar-refractivity contribution in [3.8, 4) is 12.3 Å². The van der Waals surface area contributed by atoms with Crippen molar-refractivity contribution in [2.24, 2.45) is 0 Å². The van der Waals surface area contributed by atoms with Crippen LogP contribution in [0.25, 0.3) is 0 Å². The molecule has 0 aliphatic heterocycles. The van der Waals surface area contributed by atoms with E-state index in [1.165, 1.54) is 0 Å². The Morgan fingerprint density at radius 3 is 2.92 bits per heavy atom. The lowest BCUT2D eigenvalue weighted by Crippen LogP contribution is -2.00. The van der Waals surface area contributed by atoms with Crippen LogP contribution in [0.1, 0.15) is 0 Å². The highest BCUT2D eigenvalue weighted by atomic mass is 35.5. The second kappa shape index (κ2) is 4.15. The van der Waals surface area contributed by atoms with E-state index in [1.807, 2.05) is 0 Å². The molecule has 0 aliphatic carbocycles. The summed E-state index contributed by atoms with van der Waals surface area (Å²) in [5.74, 6) is 2.40. The molecule has 1 heterocycles. The fraction of sp³-hybridized carbons (Fsp3) is 0.143. The first kappa shape index (κ1) is 9.11. The highest BCUT2D eigenvalue weighted by molar-refractivity contribution is 6.33. The van der Waals surface area contributed by atoms with Crippen molar-refractivity contribution in [2.45, 2.75) is 0 Å². The second-order valence-corrected chi connectivity index (χ2v) is 2.67. The van der Waals surface area contributed by atoms with Gasteiger partial charge in [-0.25, -0.2) is 0 Å². The molecule has 0 unspecified atom stereocenters. The van der Waals surface area contributed by atoms with Crippen LogP contribution < -0.4 is 5.32 Å². The molecule has 0 saturated heterocycles. The number of terminal acetylenes is 1. The Morgan fingerprint density at radius 1 is 1.50 bits per heavy atom. The zero-order valence-electron chi connectivity index (χ0n) is 6.01. The van der Waals surface area contributed by atoms with Crippen LogP contribution in [0.5, 0.6) is 0 Å². The fourth-order valence-corrected chi connectivity index (χ4v) is 0.929. The predicted octanol–water partition coefficient (Wildman–Crippen LogP) is 1.83. The number of nitrogens with zero attached hydrogens (tertiary/aromatic N) is 2. The second-order valence-electron chi connectivity index (χ2n) is 1.93. The van der Waals surface area contributed by atoms with Crippen LogP contribution in [-0.2, 0) is 0 Å². The van der Waals surface area contributed by atoms with Gasteiger partial charge in [-0.05, 0) is 0 Å². The number of aromatic nitrogens is 2. The number of halogens is 2. The summed E-state index contributed by atoms with van der Waals surface area (Å²) in [5.41, 5.74) is 0.592. The maximum Gasteiger partial charge on any atom is 0.174 e. The van der Waals surface area contributed by atoms with Gasteiger partial charge in [0.1, 0.15) is 0 Å². The number of hydrogen-bond acceptors (Lipinski definition) is 3. The van der Waals surface area contributed by atoms with Crippen LogP contribution in [0.15, 0.2) is 6.07 Å². The van der Waals surface area contributed by atoms with Crippen LogP contribution >= 0.6 is 23.2 Å². The quantitative estimate of drug-likeness (QED) is 0.743. The highest BCUT2D eigenvalue weighted by Gasteiger charge is 2.01. The first-order valence-corrected chi connectivity index (χ1v) is 3.85. The smallest absolute Gasteiger partial charge is 0.174 e. The third kappa shape index (κ3) is 2.26. The Hall–Kier alpha value is -0.980. The molecular weight excluding hydrogens is 197 g/mol. The number of nitrogens with one attached hydrogen (secondary N) is 1. The van der Waals surface area contributed by atoms with Gasteiger partial charge in [0.15, 0.2) is 10.3 Å². The highest BCUT2D eigenvalue weighted by Crippen LogP contribution is 2.19. The van der Waals surface area contributed by atoms with E-state index in [4.69, 9.17) is 29.6 Å². The van der Waals surface area contributed by atoms with Gasteiger partial charge < -0.3 is 5.32 Å². The van der Waals surface area contributed by atoms with Crippen LogP contribution in [0.2, 0.25) is 10.3 Å². The number of hydrogen-bond donors (Lipinski definition) is 1. The molecule has 0 amide bonds. The van der Waals surface area contributed by atoms with Crippen molar-refractivity contribution in [1.29, 1.82) is 0 Å². The zero-order valence-corrected chi connectivity index (χ0v) is 7.52. The Labute approximate surface area is 80.1 Å². The van der Waals surface area contributed by atoms with E-state index in [-0.39, 0.29) is 10.3 Å². The third-order valence-electron chi connectivity index (χ3n) is 1.10. The molecule has 0 fully saturated rings. The van der Waals surface area contributed by atoms with E-state index in [0.29, 0.717) is 12.2 Å². The van der Waals surface area contributed by atoms with Crippen LogP contribution in [-0.4, -0.2) is 16.7 Å². The van der Waals surface area contributed by atoms with Gasteiger partial charge in [-0.2, -0.15) is 0 Å². The molecule has 1 aromatic heterocycles. The Bertz CT molecular complexity index is 319. The Kier molecular flexibility index (Phi) is 3.15. The summed E-state index contributed by atoms with van der Waals surface area (Å²) < 4.78 is 0. The summed E-state index contributed by atoms with van der Waals surface area (Å²) in [6, 6.07) is 1.56. The summed E-state index contributed by atoms with van der Waals surface area (Å²) in [5, 5.41) is 10.5. The molecule has 3 nitrogen and oxygen atoms in total. The van der Waals surface area contributed by atoms with Gasteiger partial charge in [0.05, 0.1) is 12.2 Å². The molecule has 1 rings (SSSR count). The van der Waals surface area contributed by atoms with Crippen molar-refractivity contribution < 1.29 is 0 Å². The maximum absolute atomic E-state index is 5.67. The molecule has 0 aromatic carbocycles. The lowest BCUT2D eigenvalue weighted by atomic mass is 10.4. The van der Waals surface area contributed by atoms with Crippen LogP contribution in [0.3, 0.4) is 0 Å². The predicted molar refractivity (Wildman–Crippen MR) is 49.4 cm³/mol. The monoisotopic (exact) mass is 201 g/mol. The topological polar surface area (TPSA) is 37.8 Å². The van der Waals surface area contributed by atoms with E-state index >= 15 is 0 Å². The van der Waals surface area contributed by atoms with E-state index in [9.17, 15) is 0 Å². The van der Waals surface area contributed by atoms with Gasteiger partial charge in [0, 0.05) is 6.07 Å². The van der Waals surface area contributed by atoms with Crippen molar-refractivity contribution in [1.82, 2.24) is 10.2 Å². The molecule has 1 N–H and O–H groups in total. The molecule has 12 heavy (non-hydrogen) atoms. The lowest BCUT2D eigenvalue weighted by molar-refractivity contribution is 1.03.